The summed E-state index contributed by atoms with van der Waals surface area (Å²) in [6, 6.07) is 3.30. The van der Waals surface area contributed by atoms with Crippen LogP contribution < -0.4 is 0 Å². The van der Waals surface area contributed by atoms with Gasteiger partial charge in [-0.15, -0.1) is 0 Å². The van der Waals surface area contributed by atoms with Gasteiger partial charge in [-0.25, -0.2) is 0 Å². The zero-order valence-corrected chi connectivity index (χ0v) is 23.2. The zero-order chi connectivity index (χ0) is 32.5. The van der Waals surface area contributed by atoms with E-state index < -0.39 is 121 Å². The van der Waals surface area contributed by atoms with Crippen molar-refractivity contribution in [2.24, 2.45) is 0 Å². The lowest BCUT2D eigenvalue weighted by molar-refractivity contribution is -0.323. The highest BCUT2D eigenvalue weighted by Crippen LogP contribution is 2.34. The molecule has 0 saturated carbocycles. The van der Waals surface area contributed by atoms with E-state index in [1.165, 1.54) is 13.0 Å². The van der Waals surface area contributed by atoms with Crippen LogP contribution in [-0.2, 0) is 28.5 Å². The summed E-state index contributed by atoms with van der Waals surface area (Å²) in [5.41, 5.74) is -0.674. The third-order valence-corrected chi connectivity index (χ3v) is 7.17. The molecule has 4 unspecified atom stereocenters. The number of aliphatic hydroxyl groups excluding tert-OH is 8. The van der Waals surface area contributed by atoms with Crippen molar-refractivity contribution in [3.63, 3.8) is 0 Å². The summed E-state index contributed by atoms with van der Waals surface area (Å²) in [4.78, 5) is 13.5. The quantitative estimate of drug-likeness (QED) is 0.127. The molecular weight excluding hydrogens is 592 g/mol. The minimum atomic E-state index is -2.00. The predicted molar refractivity (Wildman–Crippen MR) is 144 cm³/mol. The number of hydrogen-bond acceptors (Lipinski definition) is 16. The first-order chi connectivity index (χ1) is 20.7. The van der Waals surface area contributed by atoms with Crippen LogP contribution in [-0.4, -0.2) is 131 Å². The molecule has 3 heterocycles. The molecule has 242 valence electrons. The van der Waals surface area contributed by atoms with Crippen LogP contribution in [0.15, 0.2) is 59.8 Å². The van der Waals surface area contributed by atoms with Crippen LogP contribution >= 0.6 is 0 Å². The highest BCUT2D eigenvalue weighted by Gasteiger charge is 2.48. The molecule has 16 heteroatoms. The molecule has 2 saturated heterocycles. The molecule has 3 aliphatic heterocycles. The SMILES string of the molecule is C=C1C(=O)/C(O[C@@H]2OC(CO[C@@H]3OC(C)[C@H](O)C(O)[C@@H]3O)[C@@H](O)C(O)[C@@H]2O)=C(/c2ccc(O)c(O)c2)OC/C=C(/O)C=C1O. The van der Waals surface area contributed by atoms with Gasteiger partial charge in [0.15, 0.2) is 23.5 Å². The van der Waals surface area contributed by atoms with Crippen LogP contribution in [0.2, 0.25) is 0 Å². The van der Waals surface area contributed by atoms with Gasteiger partial charge in [-0.3, -0.25) is 4.79 Å². The maximum absolute atomic E-state index is 13.5. The first-order valence-electron chi connectivity index (χ1n) is 13.3. The van der Waals surface area contributed by atoms with Crippen molar-refractivity contribution in [3.05, 3.63) is 65.3 Å². The number of allylic oxidation sites excluding steroid dienone is 3. The Kier molecular flexibility index (Phi) is 10.2. The number of ketones is 1. The average Bonchev–Trinajstić information content (AvgIpc) is 2.99. The van der Waals surface area contributed by atoms with Crippen molar-refractivity contribution in [1.82, 2.24) is 0 Å². The van der Waals surface area contributed by atoms with Gasteiger partial charge >= 0.3 is 0 Å². The molecule has 0 radical (unpaired) electrons. The molecule has 44 heavy (non-hydrogen) atoms. The molecule has 1 aromatic carbocycles. The Bertz CT molecular complexity index is 1340. The molecule has 0 amide bonds. The van der Waals surface area contributed by atoms with Gasteiger partial charge in [-0.1, -0.05) is 6.58 Å². The molecule has 3 aliphatic rings. The Balaban J connectivity index is 1.67. The number of Topliss-reactive ketones (excluding diaryl/α,β-unsaturated/α-hetero) is 1. The van der Waals surface area contributed by atoms with Crippen LogP contribution in [0.3, 0.4) is 0 Å². The Labute approximate surface area is 249 Å². The number of ether oxygens (including phenoxy) is 5. The van der Waals surface area contributed by atoms with Crippen molar-refractivity contribution in [2.45, 2.75) is 68.3 Å². The fourth-order valence-corrected chi connectivity index (χ4v) is 4.51. The van der Waals surface area contributed by atoms with Crippen molar-refractivity contribution < 1.29 is 79.5 Å². The number of hydrogen-bond donors (Lipinski definition) is 10. The lowest BCUT2D eigenvalue weighted by atomic mass is 9.98. The zero-order valence-electron chi connectivity index (χ0n) is 23.2. The number of carbonyl (C=O) groups is 1. The second-order valence-corrected chi connectivity index (χ2v) is 10.3. The smallest absolute Gasteiger partial charge is 0.234 e. The molecule has 10 atom stereocenters. The molecule has 10 N–H and O–H groups in total. The summed E-state index contributed by atoms with van der Waals surface area (Å²) in [6.07, 6.45) is -14.4. The topological polar surface area (TPSA) is 266 Å². The Morgan fingerprint density at radius 1 is 0.864 bits per heavy atom. The Hall–Kier alpha value is -3.71. The summed E-state index contributed by atoms with van der Waals surface area (Å²) in [7, 11) is 0. The van der Waals surface area contributed by atoms with Crippen molar-refractivity contribution in [1.29, 1.82) is 0 Å². The monoisotopic (exact) mass is 626 g/mol. The number of phenolic OH excluding ortho intramolecular Hbond substituents is 2. The minimum Gasteiger partial charge on any atom is -0.508 e. The van der Waals surface area contributed by atoms with E-state index in [1.54, 1.807) is 0 Å². The molecule has 16 nitrogen and oxygen atoms in total. The molecule has 4 rings (SSSR count). The fraction of sp³-hybridized carbons (Fsp3) is 0.464. The summed E-state index contributed by atoms with van der Waals surface area (Å²) in [6.45, 7) is 3.88. The van der Waals surface area contributed by atoms with Gasteiger partial charge in [-0.05, 0) is 31.2 Å². The third-order valence-electron chi connectivity index (χ3n) is 7.17. The Morgan fingerprint density at radius 3 is 2.20 bits per heavy atom. The molecule has 0 spiro atoms. The number of phenols is 2. The number of aliphatic hydroxyl groups is 8. The number of carbonyl (C=O) groups excluding carboxylic acids is 1. The lowest BCUT2D eigenvalue weighted by Gasteiger charge is -2.42. The largest absolute Gasteiger partial charge is 0.508 e. The maximum Gasteiger partial charge on any atom is 0.234 e. The van der Waals surface area contributed by atoms with Gasteiger partial charge in [0.05, 0.1) is 18.3 Å². The van der Waals surface area contributed by atoms with E-state index in [2.05, 4.69) is 6.58 Å². The summed E-state index contributed by atoms with van der Waals surface area (Å²) >= 11 is 0. The van der Waals surface area contributed by atoms with Crippen LogP contribution in [0, 0.1) is 0 Å². The molecule has 1 aromatic rings. The molecule has 2 fully saturated rings. The maximum atomic E-state index is 13.5. The van der Waals surface area contributed by atoms with Crippen molar-refractivity contribution in [2.75, 3.05) is 13.2 Å². The van der Waals surface area contributed by atoms with Crippen LogP contribution in [0.5, 0.6) is 11.5 Å². The number of rotatable bonds is 6. The van der Waals surface area contributed by atoms with Crippen molar-refractivity contribution >= 4 is 11.5 Å². The van der Waals surface area contributed by atoms with E-state index in [9.17, 15) is 55.9 Å². The normalized spacial score (nSPS) is 38.2. The second kappa shape index (κ2) is 13.5. The summed E-state index contributed by atoms with van der Waals surface area (Å²) in [5.74, 6) is -4.73. The first-order valence-corrected chi connectivity index (χ1v) is 13.3. The highest BCUT2D eigenvalue weighted by atomic mass is 16.7. The van der Waals surface area contributed by atoms with Gasteiger partial charge in [0.2, 0.25) is 17.8 Å². The number of aromatic hydroxyl groups is 2. The molecular formula is C28H34O16. The van der Waals surface area contributed by atoms with Crippen LogP contribution in [0.4, 0.5) is 0 Å². The second-order valence-electron chi connectivity index (χ2n) is 10.3. The standard InChI is InChI=1S/C28H34O16/c1-10-15(31)8-13(29)5-6-40-25(12-3-4-14(30)16(32)7-12)26(18(10)33)44-28-24(39)22(37)20(35)17(43-28)9-41-27-23(38)21(36)19(34)11(2)42-27/h3-5,7-8,11,17,19-24,27-32,34-39H,1,6,9H2,2H3/b13-5+,15-8?,26-25+/t11?,17?,19-,20+,21?,22?,23-,24-,27+,28-/m0/s1. The third kappa shape index (κ3) is 6.83. The Morgan fingerprint density at radius 2 is 1.52 bits per heavy atom. The molecule has 0 aromatic heterocycles. The van der Waals surface area contributed by atoms with E-state index in [0.29, 0.717) is 0 Å². The summed E-state index contributed by atoms with van der Waals surface area (Å²) < 4.78 is 27.8. The lowest BCUT2D eigenvalue weighted by Crippen LogP contribution is -2.61. The first kappa shape index (κ1) is 33.2. The van der Waals surface area contributed by atoms with Gasteiger partial charge in [0.1, 0.15) is 60.9 Å². The number of benzene rings is 1. The van der Waals surface area contributed by atoms with E-state index in [4.69, 9.17) is 23.7 Å². The van der Waals surface area contributed by atoms with Crippen LogP contribution in [0.1, 0.15) is 12.5 Å². The van der Waals surface area contributed by atoms with Gasteiger partial charge in [-0.2, -0.15) is 0 Å². The van der Waals surface area contributed by atoms with Gasteiger partial charge in [0, 0.05) is 11.6 Å². The minimum absolute atomic E-state index is 0.0579. The van der Waals surface area contributed by atoms with E-state index in [0.717, 1.165) is 24.3 Å². The molecule has 0 aliphatic carbocycles. The highest BCUT2D eigenvalue weighted by molar-refractivity contribution is 6.12. The molecule has 0 bridgehead atoms. The van der Waals surface area contributed by atoms with E-state index in [-0.39, 0.29) is 5.56 Å². The van der Waals surface area contributed by atoms with Crippen molar-refractivity contribution in [3.8, 4) is 11.5 Å². The van der Waals surface area contributed by atoms with Gasteiger partial charge in [0.25, 0.3) is 0 Å². The van der Waals surface area contributed by atoms with E-state index >= 15 is 0 Å². The average molecular weight is 627 g/mol. The summed E-state index contributed by atoms with van der Waals surface area (Å²) in [5, 5.41) is 102. The fourth-order valence-electron chi connectivity index (χ4n) is 4.51. The van der Waals surface area contributed by atoms with E-state index in [1.807, 2.05) is 0 Å². The van der Waals surface area contributed by atoms with Crippen LogP contribution in [0.25, 0.3) is 5.76 Å². The van der Waals surface area contributed by atoms with Gasteiger partial charge < -0.3 is 74.7 Å². The predicted octanol–water partition coefficient (Wildman–Crippen LogP) is -1.53.